The van der Waals surface area contributed by atoms with Gasteiger partial charge in [-0.2, -0.15) is 0 Å². The van der Waals surface area contributed by atoms with E-state index in [9.17, 15) is 4.79 Å². The van der Waals surface area contributed by atoms with E-state index in [-0.39, 0.29) is 18.1 Å². The summed E-state index contributed by atoms with van der Waals surface area (Å²) >= 11 is 0. The number of carbonyl (C=O) groups is 1. The topological polar surface area (TPSA) is 47.6 Å². The number of hydrogen-bond donors (Lipinski definition) is 1. The number of para-hydroxylation sites is 1. The standard InChI is InChI=1S/C14H17NO3/c16-14(13-6-3-8-17-13)15-11-7-9-18-12-5-2-1-4-10(11)12/h1-2,4-5,11,13H,3,6-9H2,(H,15,16)/t11-,13+/m0/s1. The number of ether oxygens (including phenoxy) is 2. The quantitative estimate of drug-likeness (QED) is 0.867. The molecule has 1 saturated heterocycles. The van der Waals surface area contributed by atoms with Crippen LogP contribution in [0.4, 0.5) is 0 Å². The molecule has 96 valence electrons. The second kappa shape index (κ2) is 4.98. The third-order valence-corrected chi connectivity index (χ3v) is 3.50. The summed E-state index contributed by atoms with van der Waals surface area (Å²) in [6.45, 7) is 1.34. The zero-order valence-corrected chi connectivity index (χ0v) is 10.2. The van der Waals surface area contributed by atoms with Gasteiger partial charge in [0.15, 0.2) is 0 Å². The molecule has 0 radical (unpaired) electrons. The largest absolute Gasteiger partial charge is 0.493 e. The molecule has 2 aliphatic heterocycles. The van der Waals surface area contributed by atoms with E-state index in [1.54, 1.807) is 0 Å². The Labute approximate surface area is 106 Å². The van der Waals surface area contributed by atoms with Gasteiger partial charge in [0.25, 0.3) is 0 Å². The summed E-state index contributed by atoms with van der Waals surface area (Å²) in [6.07, 6.45) is 2.36. The molecule has 1 N–H and O–H groups in total. The lowest BCUT2D eigenvalue weighted by Crippen LogP contribution is -2.38. The van der Waals surface area contributed by atoms with Crippen molar-refractivity contribution in [1.82, 2.24) is 5.32 Å². The highest BCUT2D eigenvalue weighted by Gasteiger charge is 2.28. The Kier molecular flexibility index (Phi) is 3.19. The highest BCUT2D eigenvalue weighted by atomic mass is 16.5. The minimum atomic E-state index is -0.264. The monoisotopic (exact) mass is 247 g/mol. The van der Waals surface area contributed by atoms with Crippen LogP contribution < -0.4 is 10.1 Å². The summed E-state index contributed by atoms with van der Waals surface area (Å²) in [5.74, 6) is 0.885. The lowest BCUT2D eigenvalue weighted by Gasteiger charge is -2.27. The van der Waals surface area contributed by atoms with Crippen molar-refractivity contribution in [2.75, 3.05) is 13.2 Å². The molecule has 3 rings (SSSR count). The van der Waals surface area contributed by atoms with Crippen LogP contribution in [0.5, 0.6) is 5.75 Å². The molecule has 4 nitrogen and oxygen atoms in total. The Morgan fingerprint density at radius 3 is 2.94 bits per heavy atom. The molecule has 0 unspecified atom stereocenters. The Hall–Kier alpha value is -1.55. The van der Waals surface area contributed by atoms with Crippen LogP contribution in [0.3, 0.4) is 0 Å². The van der Waals surface area contributed by atoms with Crippen molar-refractivity contribution in [2.24, 2.45) is 0 Å². The summed E-state index contributed by atoms with van der Waals surface area (Å²) in [7, 11) is 0. The van der Waals surface area contributed by atoms with Gasteiger partial charge < -0.3 is 14.8 Å². The first kappa shape index (κ1) is 11.5. The van der Waals surface area contributed by atoms with Crippen LogP contribution in [0.1, 0.15) is 30.9 Å². The van der Waals surface area contributed by atoms with Gasteiger partial charge in [0, 0.05) is 18.6 Å². The van der Waals surface area contributed by atoms with E-state index in [4.69, 9.17) is 9.47 Å². The van der Waals surface area contributed by atoms with Crippen LogP contribution in [0.15, 0.2) is 24.3 Å². The fourth-order valence-electron chi connectivity index (χ4n) is 2.54. The van der Waals surface area contributed by atoms with Gasteiger partial charge in [-0.3, -0.25) is 4.79 Å². The average molecular weight is 247 g/mol. The molecule has 18 heavy (non-hydrogen) atoms. The molecule has 2 aliphatic rings. The first-order valence-electron chi connectivity index (χ1n) is 6.48. The number of nitrogens with one attached hydrogen (secondary N) is 1. The summed E-state index contributed by atoms with van der Waals surface area (Å²) < 4.78 is 11.0. The number of fused-ring (bicyclic) bond motifs is 1. The Bertz CT molecular complexity index is 440. The maximum atomic E-state index is 12.0. The van der Waals surface area contributed by atoms with E-state index in [1.165, 1.54) is 0 Å². The second-order valence-electron chi connectivity index (χ2n) is 4.74. The van der Waals surface area contributed by atoms with Crippen molar-refractivity contribution in [3.8, 4) is 5.75 Å². The van der Waals surface area contributed by atoms with Gasteiger partial charge in [0.2, 0.25) is 5.91 Å². The average Bonchev–Trinajstić information content (AvgIpc) is 2.93. The highest BCUT2D eigenvalue weighted by Crippen LogP contribution is 2.31. The maximum absolute atomic E-state index is 12.0. The lowest BCUT2D eigenvalue weighted by atomic mass is 10.0. The SMILES string of the molecule is O=C(N[C@H]1CCOc2ccccc21)[C@H]1CCCO1. The van der Waals surface area contributed by atoms with Crippen LogP contribution >= 0.6 is 0 Å². The van der Waals surface area contributed by atoms with Gasteiger partial charge in [-0.15, -0.1) is 0 Å². The molecule has 2 atom stereocenters. The van der Waals surface area contributed by atoms with E-state index in [2.05, 4.69) is 5.32 Å². The van der Waals surface area contributed by atoms with Gasteiger partial charge in [0.05, 0.1) is 12.6 Å². The first-order chi connectivity index (χ1) is 8.84. The zero-order chi connectivity index (χ0) is 12.4. The smallest absolute Gasteiger partial charge is 0.249 e. The van der Waals surface area contributed by atoms with E-state index in [1.807, 2.05) is 24.3 Å². The maximum Gasteiger partial charge on any atom is 0.249 e. The Balaban J connectivity index is 1.72. The molecular weight excluding hydrogens is 230 g/mol. The van der Waals surface area contributed by atoms with E-state index in [0.29, 0.717) is 13.2 Å². The number of benzene rings is 1. The number of rotatable bonds is 2. The Morgan fingerprint density at radius 2 is 2.11 bits per heavy atom. The van der Waals surface area contributed by atoms with Gasteiger partial charge in [0.1, 0.15) is 11.9 Å². The molecule has 1 aromatic carbocycles. The third kappa shape index (κ3) is 2.20. The van der Waals surface area contributed by atoms with Crippen LogP contribution in [0.2, 0.25) is 0 Å². The predicted molar refractivity (Wildman–Crippen MR) is 66.4 cm³/mol. The van der Waals surface area contributed by atoms with Crippen LogP contribution in [0.25, 0.3) is 0 Å². The van der Waals surface area contributed by atoms with Gasteiger partial charge >= 0.3 is 0 Å². The van der Waals surface area contributed by atoms with Crippen molar-refractivity contribution >= 4 is 5.91 Å². The Morgan fingerprint density at radius 1 is 1.22 bits per heavy atom. The predicted octanol–water partition coefficient (Wildman–Crippen LogP) is 1.81. The first-order valence-corrected chi connectivity index (χ1v) is 6.48. The molecule has 4 heteroatoms. The number of hydrogen-bond acceptors (Lipinski definition) is 3. The molecule has 0 aromatic heterocycles. The minimum Gasteiger partial charge on any atom is -0.493 e. The zero-order valence-electron chi connectivity index (χ0n) is 10.2. The molecule has 1 amide bonds. The van der Waals surface area contributed by atoms with Crippen molar-refractivity contribution in [3.63, 3.8) is 0 Å². The molecule has 0 spiro atoms. The summed E-state index contributed by atoms with van der Waals surface area (Å²) in [5, 5.41) is 3.07. The van der Waals surface area contributed by atoms with Gasteiger partial charge in [-0.25, -0.2) is 0 Å². The second-order valence-corrected chi connectivity index (χ2v) is 4.74. The van der Waals surface area contributed by atoms with Crippen molar-refractivity contribution in [1.29, 1.82) is 0 Å². The van der Waals surface area contributed by atoms with E-state index in [0.717, 1.165) is 30.6 Å². The molecule has 2 heterocycles. The molecule has 0 saturated carbocycles. The molecule has 1 aromatic rings. The highest BCUT2D eigenvalue weighted by molar-refractivity contribution is 5.81. The van der Waals surface area contributed by atoms with Crippen molar-refractivity contribution in [2.45, 2.75) is 31.4 Å². The third-order valence-electron chi connectivity index (χ3n) is 3.50. The molecule has 1 fully saturated rings. The van der Waals surface area contributed by atoms with Crippen molar-refractivity contribution < 1.29 is 14.3 Å². The normalized spacial score (nSPS) is 26.2. The molecule has 0 aliphatic carbocycles. The van der Waals surface area contributed by atoms with Crippen LogP contribution in [-0.2, 0) is 9.53 Å². The number of carbonyl (C=O) groups excluding carboxylic acids is 1. The molecule has 0 bridgehead atoms. The van der Waals surface area contributed by atoms with Crippen LogP contribution in [-0.4, -0.2) is 25.2 Å². The fourth-order valence-corrected chi connectivity index (χ4v) is 2.54. The molecular formula is C14H17NO3. The van der Waals surface area contributed by atoms with Gasteiger partial charge in [-0.1, -0.05) is 18.2 Å². The van der Waals surface area contributed by atoms with E-state index >= 15 is 0 Å². The van der Waals surface area contributed by atoms with Gasteiger partial charge in [-0.05, 0) is 18.9 Å². The fraction of sp³-hybridized carbons (Fsp3) is 0.500. The summed E-state index contributed by atoms with van der Waals surface area (Å²) in [4.78, 5) is 12.0. The van der Waals surface area contributed by atoms with Crippen LogP contribution in [0, 0.1) is 0 Å². The minimum absolute atomic E-state index is 0.00852. The number of amides is 1. The lowest BCUT2D eigenvalue weighted by molar-refractivity contribution is -0.131. The summed E-state index contributed by atoms with van der Waals surface area (Å²) in [5.41, 5.74) is 1.06. The summed E-state index contributed by atoms with van der Waals surface area (Å²) in [6, 6.07) is 7.92. The van der Waals surface area contributed by atoms with E-state index < -0.39 is 0 Å². The van der Waals surface area contributed by atoms with Crippen molar-refractivity contribution in [3.05, 3.63) is 29.8 Å².